The molecule has 1 aromatic rings. The fourth-order valence-electron chi connectivity index (χ4n) is 1.67. The summed E-state index contributed by atoms with van der Waals surface area (Å²) in [5.74, 6) is 0. The van der Waals surface area contributed by atoms with Crippen molar-refractivity contribution in [2.45, 2.75) is 18.9 Å². The smallest absolute Gasteiger partial charge is 1.00 e. The maximum absolute atomic E-state index is 11.2. The monoisotopic (exact) mass is 335 g/mol. The molecule has 1 atom stereocenters. The third-order valence-electron chi connectivity index (χ3n) is 2.50. The number of rotatable bonds is 1. The average Bonchev–Trinajstić information content (AvgIpc) is 2.23. The molecule has 0 N–H and O–H groups in total. The van der Waals surface area contributed by atoms with Crippen LogP contribution in [0, 0.1) is 6.42 Å². The first-order chi connectivity index (χ1) is 6.77. The Hall–Kier alpha value is 0.0134. The van der Waals surface area contributed by atoms with Crippen molar-refractivity contribution >= 4 is 0 Å². The molecule has 2 rings (SSSR count). The van der Waals surface area contributed by atoms with Crippen LogP contribution in [0.25, 0.3) is 0 Å². The number of hydrogen-bond acceptors (Lipinski definition) is 2. The maximum Gasteiger partial charge on any atom is 2.00 e. The predicted molar refractivity (Wildman–Crippen MR) is 53.9 cm³/mol. The molecule has 84 valence electrons. The maximum atomic E-state index is 11.2. The van der Waals surface area contributed by atoms with E-state index in [1.165, 1.54) is 0 Å². The Balaban J connectivity index is 0.00000112. The van der Waals surface area contributed by atoms with Gasteiger partial charge in [0, 0.05) is 25.9 Å². The standard InChI is InChI=1S/C11H14NO2.BrH.Zn/c1-12-8-9(5-6-11(12)13)10-4-2-3-7-14-10;;/h2,5-6,8,10H,3-4,7H2,1H3;1H;/q-1;;+2/p-1. The Kier molecular flexibility index (Phi) is 7.37. The molecule has 5 heteroatoms. The molecule has 0 aromatic carbocycles. The SMILES string of the molecule is Cn1cc(C2C[CH-]CCO2)ccc1=O.[Br-].[Zn+2]. The molecule has 0 saturated carbocycles. The summed E-state index contributed by atoms with van der Waals surface area (Å²) in [7, 11) is 1.76. The zero-order chi connectivity index (χ0) is 9.97. The molecule has 1 saturated heterocycles. The van der Waals surface area contributed by atoms with Crippen molar-refractivity contribution in [3.05, 3.63) is 40.7 Å². The topological polar surface area (TPSA) is 31.2 Å². The van der Waals surface area contributed by atoms with Crippen LogP contribution in [0.1, 0.15) is 24.5 Å². The van der Waals surface area contributed by atoms with Crippen molar-refractivity contribution in [1.29, 1.82) is 0 Å². The van der Waals surface area contributed by atoms with E-state index in [-0.39, 0.29) is 48.1 Å². The second-order valence-corrected chi connectivity index (χ2v) is 3.58. The third-order valence-corrected chi connectivity index (χ3v) is 2.50. The van der Waals surface area contributed by atoms with Crippen LogP contribution in [-0.4, -0.2) is 11.2 Å². The predicted octanol–water partition coefficient (Wildman–Crippen LogP) is -1.56. The molecule has 0 spiro atoms. The summed E-state index contributed by atoms with van der Waals surface area (Å²) in [4.78, 5) is 11.2. The van der Waals surface area contributed by atoms with Gasteiger partial charge in [-0.1, -0.05) is 0 Å². The van der Waals surface area contributed by atoms with Crippen molar-refractivity contribution in [1.82, 2.24) is 4.57 Å². The molecule has 2 heterocycles. The number of aromatic nitrogens is 1. The van der Waals surface area contributed by atoms with Gasteiger partial charge in [0.05, 0.1) is 6.10 Å². The van der Waals surface area contributed by atoms with Gasteiger partial charge in [0.25, 0.3) is 0 Å². The first-order valence-corrected chi connectivity index (χ1v) is 4.87. The van der Waals surface area contributed by atoms with Crippen LogP contribution in [0.15, 0.2) is 23.1 Å². The van der Waals surface area contributed by atoms with Crippen LogP contribution in [0.5, 0.6) is 0 Å². The number of aryl methyl sites for hydroxylation is 1. The molecule has 0 aliphatic carbocycles. The summed E-state index contributed by atoms with van der Waals surface area (Å²) in [6, 6.07) is 3.44. The molecule has 16 heavy (non-hydrogen) atoms. The van der Waals surface area contributed by atoms with Crippen molar-refractivity contribution in [2.24, 2.45) is 7.05 Å². The van der Waals surface area contributed by atoms with E-state index >= 15 is 0 Å². The second-order valence-electron chi connectivity index (χ2n) is 3.58. The van der Waals surface area contributed by atoms with E-state index in [1.807, 2.05) is 12.3 Å². The van der Waals surface area contributed by atoms with Crippen LogP contribution in [0.2, 0.25) is 0 Å². The van der Waals surface area contributed by atoms with Crippen LogP contribution in [-0.2, 0) is 31.3 Å². The van der Waals surface area contributed by atoms with Crippen molar-refractivity contribution in [2.75, 3.05) is 6.61 Å². The summed E-state index contributed by atoms with van der Waals surface area (Å²) >= 11 is 0. The van der Waals surface area contributed by atoms with Crippen LogP contribution < -0.4 is 22.5 Å². The number of halogens is 1. The fraction of sp³-hybridized carbons (Fsp3) is 0.455. The molecule has 0 bridgehead atoms. The molecule has 1 aromatic heterocycles. The van der Waals surface area contributed by atoms with Gasteiger partial charge >= 0.3 is 19.5 Å². The van der Waals surface area contributed by atoms with E-state index in [2.05, 4.69) is 6.42 Å². The average molecular weight is 338 g/mol. The Labute approximate surface area is 119 Å². The second kappa shape index (κ2) is 7.36. The first kappa shape index (κ1) is 16.0. The minimum absolute atomic E-state index is 0. The number of nitrogens with zero attached hydrogens (tertiary/aromatic N) is 1. The van der Waals surface area contributed by atoms with Gasteiger partial charge in [-0.15, -0.1) is 6.42 Å². The van der Waals surface area contributed by atoms with E-state index in [1.54, 1.807) is 17.7 Å². The normalized spacial score (nSPS) is 19.4. The molecule has 0 amide bonds. The van der Waals surface area contributed by atoms with E-state index < -0.39 is 0 Å². The van der Waals surface area contributed by atoms with Gasteiger partial charge in [0.2, 0.25) is 5.56 Å². The minimum atomic E-state index is 0. The Bertz CT molecular complexity index is 374. The van der Waals surface area contributed by atoms with Gasteiger partial charge in [-0.25, -0.2) is 0 Å². The molecule has 1 aliphatic rings. The first-order valence-electron chi connectivity index (χ1n) is 4.87. The van der Waals surface area contributed by atoms with E-state index in [0.717, 1.165) is 25.0 Å². The number of ether oxygens (including phenoxy) is 1. The number of hydrogen-bond donors (Lipinski definition) is 0. The van der Waals surface area contributed by atoms with Crippen LogP contribution in [0.4, 0.5) is 0 Å². The van der Waals surface area contributed by atoms with Crippen molar-refractivity contribution in [3.63, 3.8) is 0 Å². The summed E-state index contributed by atoms with van der Waals surface area (Å²) in [5, 5.41) is 0. The van der Waals surface area contributed by atoms with Gasteiger partial charge in [-0.3, -0.25) is 4.79 Å². The molecule has 1 fully saturated rings. The summed E-state index contributed by atoms with van der Waals surface area (Å²) in [6.45, 7) is 0.785. The summed E-state index contributed by atoms with van der Waals surface area (Å²) < 4.78 is 7.20. The fourth-order valence-corrected chi connectivity index (χ4v) is 1.67. The minimum Gasteiger partial charge on any atom is -1.00 e. The van der Waals surface area contributed by atoms with E-state index in [9.17, 15) is 4.79 Å². The molecule has 1 unspecified atom stereocenters. The van der Waals surface area contributed by atoms with E-state index in [4.69, 9.17) is 4.74 Å². The largest absolute Gasteiger partial charge is 2.00 e. The van der Waals surface area contributed by atoms with Gasteiger partial charge < -0.3 is 32.7 Å². The van der Waals surface area contributed by atoms with Gasteiger partial charge in [-0.05, 0) is 11.6 Å². The van der Waals surface area contributed by atoms with Gasteiger partial charge in [0.15, 0.2) is 0 Å². The Morgan fingerprint density at radius 3 is 2.81 bits per heavy atom. The molecule has 3 nitrogen and oxygen atoms in total. The third kappa shape index (κ3) is 3.79. The number of pyridine rings is 1. The quantitative estimate of drug-likeness (QED) is 0.459. The summed E-state index contributed by atoms with van der Waals surface area (Å²) in [5.41, 5.74) is 1.11. The summed E-state index contributed by atoms with van der Waals surface area (Å²) in [6.07, 6.45) is 6.20. The van der Waals surface area contributed by atoms with Crippen LogP contribution in [0.3, 0.4) is 0 Å². The van der Waals surface area contributed by atoms with Crippen molar-refractivity contribution < 1.29 is 41.2 Å². The zero-order valence-electron chi connectivity index (χ0n) is 9.36. The molecule has 0 radical (unpaired) electrons. The molecule has 1 aliphatic heterocycles. The van der Waals surface area contributed by atoms with Crippen molar-refractivity contribution in [3.8, 4) is 0 Å². The van der Waals surface area contributed by atoms with Crippen LogP contribution >= 0.6 is 0 Å². The van der Waals surface area contributed by atoms with Gasteiger partial charge in [0.1, 0.15) is 0 Å². The van der Waals surface area contributed by atoms with E-state index in [0.29, 0.717) is 0 Å². The zero-order valence-corrected chi connectivity index (χ0v) is 13.9. The molecular weight excluding hydrogens is 323 g/mol. The van der Waals surface area contributed by atoms with Gasteiger partial charge in [-0.2, -0.15) is 6.42 Å². The Morgan fingerprint density at radius 1 is 1.50 bits per heavy atom. The molecular formula is C11H14BrNO2Zn. The Morgan fingerprint density at radius 2 is 2.25 bits per heavy atom.